The van der Waals surface area contributed by atoms with Gasteiger partial charge in [-0.1, -0.05) is 23.8 Å². The third-order valence-corrected chi connectivity index (χ3v) is 4.36. The van der Waals surface area contributed by atoms with Gasteiger partial charge in [-0.3, -0.25) is 4.79 Å². The van der Waals surface area contributed by atoms with E-state index < -0.39 is 0 Å². The van der Waals surface area contributed by atoms with Crippen molar-refractivity contribution < 1.29 is 14.3 Å². The summed E-state index contributed by atoms with van der Waals surface area (Å²) in [7, 11) is 0. The Hall–Kier alpha value is -2.56. The number of hydrogen-bond donors (Lipinski definition) is 1. The zero-order chi connectivity index (χ0) is 17.5. The molecule has 1 aliphatic rings. The number of nitrogens with one attached hydrogen (secondary N) is 1. The third kappa shape index (κ3) is 5.48. The van der Waals surface area contributed by atoms with Gasteiger partial charge >= 0.3 is 0 Å². The van der Waals surface area contributed by atoms with E-state index in [1.165, 1.54) is 5.56 Å². The minimum absolute atomic E-state index is 0.0490. The Morgan fingerprint density at radius 1 is 1.12 bits per heavy atom. The second-order valence-electron chi connectivity index (χ2n) is 6.43. The Morgan fingerprint density at radius 3 is 2.56 bits per heavy atom. The highest BCUT2D eigenvalue weighted by Gasteiger charge is 2.23. The first-order valence-corrected chi connectivity index (χ1v) is 8.75. The fourth-order valence-corrected chi connectivity index (χ4v) is 2.97. The molecule has 1 N–H and O–H groups in total. The fraction of sp³-hybridized carbons (Fsp3) is 0.400. The fourth-order valence-electron chi connectivity index (χ4n) is 2.97. The molecule has 1 aliphatic carbocycles. The summed E-state index contributed by atoms with van der Waals surface area (Å²) in [6, 6.07) is 13.5. The number of rotatable bonds is 6. The van der Waals surface area contributed by atoms with Crippen LogP contribution >= 0.6 is 0 Å². The second-order valence-corrected chi connectivity index (χ2v) is 6.43. The maximum atomic E-state index is 12.0. The average Bonchev–Trinajstić information content (AvgIpc) is 2.64. The molecule has 5 heteroatoms. The van der Waals surface area contributed by atoms with Crippen LogP contribution in [0.15, 0.2) is 48.7 Å². The Balaban J connectivity index is 1.36. The number of benzene rings is 1. The third-order valence-electron chi connectivity index (χ3n) is 4.36. The Morgan fingerprint density at radius 2 is 1.88 bits per heavy atom. The van der Waals surface area contributed by atoms with Crippen LogP contribution in [-0.4, -0.2) is 29.6 Å². The smallest absolute Gasteiger partial charge is 0.258 e. The second kappa shape index (κ2) is 8.51. The van der Waals surface area contributed by atoms with Gasteiger partial charge in [0.05, 0.1) is 0 Å². The maximum Gasteiger partial charge on any atom is 0.258 e. The number of carbonyl (C=O) groups excluding carboxylic acids is 1. The molecule has 1 aromatic carbocycles. The summed E-state index contributed by atoms with van der Waals surface area (Å²) in [5.41, 5.74) is 1.17. The van der Waals surface area contributed by atoms with E-state index in [0.717, 1.165) is 25.7 Å². The van der Waals surface area contributed by atoms with Crippen molar-refractivity contribution in [2.45, 2.75) is 44.8 Å². The summed E-state index contributed by atoms with van der Waals surface area (Å²) < 4.78 is 11.4. The van der Waals surface area contributed by atoms with Crippen LogP contribution in [0.1, 0.15) is 31.2 Å². The van der Waals surface area contributed by atoms with Gasteiger partial charge < -0.3 is 14.8 Å². The van der Waals surface area contributed by atoms with Crippen LogP contribution < -0.4 is 14.8 Å². The molecule has 3 rings (SSSR count). The number of nitrogens with zero attached hydrogens (tertiary/aromatic N) is 1. The van der Waals surface area contributed by atoms with Crippen molar-refractivity contribution in [3.63, 3.8) is 0 Å². The van der Waals surface area contributed by atoms with E-state index in [4.69, 9.17) is 9.47 Å². The molecule has 0 spiro atoms. The molecule has 1 heterocycles. The molecule has 1 aromatic heterocycles. The van der Waals surface area contributed by atoms with Gasteiger partial charge in [-0.15, -0.1) is 0 Å². The molecule has 2 aromatic rings. The van der Waals surface area contributed by atoms with Gasteiger partial charge in [-0.2, -0.15) is 0 Å². The topological polar surface area (TPSA) is 60.5 Å². The average molecular weight is 340 g/mol. The van der Waals surface area contributed by atoms with Gasteiger partial charge in [-0.25, -0.2) is 4.98 Å². The first-order chi connectivity index (χ1) is 12.2. The molecule has 1 amide bonds. The highest BCUT2D eigenvalue weighted by atomic mass is 16.5. The predicted octanol–water partition coefficient (Wildman–Crippen LogP) is 3.28. The van der Waals surface area contributed by atoms with Crippen molar-refractivity contribution in [3.05, 3.63) is 54.2 Å². The highest BCUT2D eigenvalue weighted by Crippen LogP contribution is 2.22. The lowest BCUT2D eigenvalue weighted by atomic mass is 9.93. The van der Waals surface area contributed by atoms with Crippen molar-refractivity contribution >= 4 is 5.91 Å². The molecular weight excluding hydrogens is 316 g/mol. The van der Waals surface area contributed by atoms with E-state index >= 15 is 0 Å². The predicted molar refractivity (Wildman–Crippen MR) is 95.7 cm³/mol. The first kappa shape index (κ1) is 17.3. The largest absolute Gasteiger partial charge is 0.484 e. The van der Waals surface area contributed by atoms with E-state index in [9.17, 15) is 4.79 Å². The number of pyridine rings is 1. The highest BCUT2D eigenvalue weighted by molar-refractivity contribution is 5.77. The molecule has 1 saturated carbocycles. The van der Waals surface area contributed by atoms with E-state index in [1.54, 1.807) is 6.20 Å². The van der Waals surface area contributed by atoms with E-state index in [2.05, 4.69) is 10.3 Å². The number of carbonyl (C=O) groups is 1. The van der Waals surface area contributed by atoms with Gasteiger partial charge in [0.15, 0.2) is 6.61 Å². The summed E-state index contributed by atoms with van der Waals surface area (Å²) in [4.78, 5) is 16.2. The normalized spacial score (nSPS) is 19.9. The van der Waals surface area contributed by atoms with Crippen LogP contribution in [0, 0.1) is 6.92 Å². The number of amides is 1. The van der Waals surface area contributed by atoms with Crippen molar-refractivity contribution in [2.75, 3.05) is 6.61 Å². The lowest BCUT2D eigenvalue weighted by molar-refractivity contribution is -0.124. The molecule has 25 heavy (non-hydrogen) atoms. The van der Waals surface area contributed by atoms with Gasteiger partial charge in [0, 0.05) is 18.3 Å². The molecule has 1 fully saturated rings. The lowest BCUT2D eigenvalue weighted by Gasteiger charge is -2.29. The SMILES string of the molecule is Cc1ccc(OCC(=O)NC2CCC(Oc3ccccn3)CC2)cc1. The zero-order valence-electron chi connectivity index (χ0n) is 14.5. The summed E-state index contributed by atoms with van der Waals surface area (Å²) >= 11 is 0. The van der Waals surface area contributed by atoms with Gasteiger partial charge in [0.2, 0.25) is 5.88 Å². The van der Waals surface area contributed by atoms with Crippen LogP contribution in [0.2, 0.25) is 0 Å². The maximum absolute atomic E-state index is 12.0. The Labute approximate surface area is 148 Å². The monoisotopic (exact) mass is 340 g/mol. The molecule has 0 aliphatic heterocycles. The summed E-state index contributed by atoms with van der Waals surface area (Å²) in [6.45, 7) is 2.07. The van der Waals surface area contributed by atoms with Crippen molar-refractivity contribution in [2.24, 2.45) is 0 Å². The van der Waals surface area contributed by atoms with Crippen molar-refractivity contribution in [1.29, 1.82) is 0 Å². The molecule has 5 nitrogen and oxygen atoms in total. The van der Waals surface area contributed by atoms with Crippen LogP contribution in [0.25, 0.3) is 0 Å². The molecule has 0 unspecified atom stereocenters. The summed E-state index contributed by atoms with van der Waals surface area (Å²) in [6.07, 6.45) is 5.56. The molecular formula is C20H24N2O3. The zero-order valence-corrected chi connectivity index (χ0v) is 14.5. The molecule has 0 saturated heterocycles. The van der Waals surface area contributed by atoms with Crippen LogP contribution in [0.5, 0.6) is 11.6 Å². The molecule has 0 atom stereocenters. The number of ether oxygens (including phenoxy) is 2. The number of aromatic nitrogens is 1. The van der Waals surface area contributed by atoms with Gasteiger partial charge in [-0.05, 0) is 50.8 Å². The van der Waals surface area contributed by atoms with E-state index in [1.807, 2.05) is 49.4 Å². The molecule has 0 bridgehead atoms. The van der Waals surface area contributed by atoms with Crippen LogP contribution in [0.3, 0.4) is 0 Å². The summed E-state index contributed by atoms with van der Waals surface area (Å²) in [5.74, 6) is 1.31. The first-order valence-electron chi connectivity index (χ1n) is 8.75. The quantitative estimate of drug-likeness (QED) is 0.877. The number of hydrogen-bond acceptors (Lipinski definition) is 4. The van der Waals surface area contributed by atoms with Crippen LogP contribution in [0.4, 0.5) is 0 Å². The number of aryl methyl sites for hydroxylation is 1. The summed E-state index contributed by atoms with van der Waals surface area (Å²) in [5, 5.41) is 3.05. The minimum atomic E-state index is -0.0744. The molecule has 0 radical (unpaired) electrons. The Kier molecular flexibility index (Phi) is 5.88. The van der Waals surface area contributed by atoms with Crippen molar-refractivity contribution in [1.82, 2.24) is 10.3 Å². The Bertz CT molecular complexity index is 665. The van der Waals surface area contributed by atoms with E-state index in [0.29, 0.717) is 11.6 Å². The van der Waals surface area contributed by atoms with Crippen molar-refractivity contribution in [3.8, 4) is 11.6 Å². The van der Waals surface area contributed by atoms with Gasteiger partial charge in [0.1, 0.15) is 11.9 Å². The molecule has 132 valence electrons. The van der Waals surface area contributed by atoms with Crippen LogP contribution in [-0.2, 0) is 4.79 Å². The standard InChI is InChI=1S/C20H24N2O3/c1-15-5-9-17(10-6-15)24-14-19(23)22-16-7-11-18(12-8-16)25-20-4-2-3-13-21-20/h2-6,9-10,13,16,18H,7-8,11-12,14H2,1H3,(H,22,23). The van der Waals surface area contributed by atoms with Gasteiger partial charge in [0.25, 0.3) is 5.91 Å². The minimum Gasteiger partial charge on any atom is -0.484 e. The lowest BCUT2D eigenvalue weighted by Crippen LogP contribution is -2.41. The van der Waals surface area contributed by atoms with E-state index in [-0.39, 0.29) is 24.7 Å².